The molecule has 1 aliphatic carbocycles. The van der Waals surface area contributed by atoms with Crippen molar-refractivity contribution in [2.75, 3.05) is 6.61 Å². The van der Waals surface area contributed by atoms with E-state index < -0.39 is 0 Å². The topological polar surface area (TPSA) is 46.3 Å². The van der Waals surface area contributed by atoms with Gasteiger partial charge in [0.05, 0.1) is 12.8 Å². The van der Waals surface area contributed by atoms with Gasteiger partial charge in [0.2, 0.25) is 0 Å². The van der Waals surface area contributed by atoms with Gasteiger partial charge in [-0.15, -0.1) is 0 Å². The highest BCUT2D eigenvalue weighted by molar-refractivity contribution is 5.20. The van der Waals surface area contributed by atoms with Gasteiger partial charge in [-0.1, -0.05) is 5.16 Å². The lowest BCUT2D eigenvalue weighted by Crippen LogP contribution is -2.10. The molecule has 1 aliphatic rings. The van der Waals surface area contributed by atoms with Gasteiger partial charge in [0.15, 0.2) is 0 Å². The zero-order valence-corrected chi connectivity index (χ0v) is 6.29. The molecule has 0 fully saturated rings. The van der Waals surface area contributed by atoms with Crippen molar-refractivity contribution in [3.63, 3.8) is 0 Å². The van der Waals surface area contributed by atoms with Crippen LogP contribution in [0.15, 0.2) is 10.7 Å². The van der Waals surface area contributed by atoms with Gasteiger partial charge < -0.3 is 9.63 Å². The van der Waals surface area contributed by atoms with E-state index >= 15 is 0 Å². The monoisotopic (exact) mass is 153 g/mol. The molecule has 1 unspecified atom stereocenters. The average Bonchev–Trinajstić information content (AvgIpc) is 2.50. The zero-order valence-electron chi connectivity index (χ0n) is 6.29. The van der Waals surface area contributed by atoms with E-state index in [0.29, 0.717) is 0 Å². The summed E-state index contributed by atoms with van der Waals surface area (Å²) in [6.07, 6.45) is 4.98. The molecule has 0 saturated carbocycles. The number of hydrogen-bond donors (Lipinski definition) is 1. The minimum Gasteiger partial charge on any atom is -0.396 e. The Labute approximate surface area is 65.0 Å². The second-order valence-electron chi connectivity index (χ2n) is 2.99. The van der Waals surface area contributed by atoms with Crippen LogP contribution in [0.2, 0.25) is 0 Å². The zero-order chi connectivity index (χ0) is 7.68. The summed E-state index contributed by atoms with van der Waals surface area (Å²) in [5, 5.41) is 12.7. The van der Waals surface area contributed by atoms with Crippen LogP contribution in [0.3, 0.4) is 0 Å². The van der Waals surface area contributed by atoms with Crippen LogP contribution in [0.4, 0.5) is 0 Å². The van der Waals surface area contributed by atoms with Gasteiger partial charge >= 0.3 is 0 Å². The Kier molecular flexibility index (Phi) is 1.66. The van der Waals surface area contributed by atoms with Crippen molar-refractivity contribution in [2.45, 2.75) is 25.2 Å². The molecule has 1 aromatic heterocycles. The second-order valence-corrected chi connectivity index (χ2v) is 2.99. The highest BCUT2D eigenvalue weighted by Crippen LogP contribution is 2.30. The molecule has 1 aromatic rings. The maximum absolute atomic E-state index is 8.97. The number of hydrogen-bond acceptors (Lipinski definition) is 3. The van der Waals surface area contributed by atoms with Crippen molar-refractivity contribution in [3.8, 4) is 0 Å². The van der Waals surface area contributed by atoms with Gasteiger partial charge in [-0.05, 0) is 19.3 Å². The third-order valence-corrected chi connectivity index (χ3v) is 2.27. The lowest BCUT2D eigenvalue weighted by molar-refractivity contribution is 0.223. The minimum atomic E-state index is 0.183. The number of aliphatic hydroxyl groups excluding tert-OH is 1. The Morgan fingerprint density at radius 1 is 1.73 bits per heavy atom. The molecule has 0 spiro atoms. The van der Waals surface area contributed by atoms with Gasteiger partial charge in [0.25, 0.3) is 0 Å². The van der Waals surface area contributed by atoms with Crippen LogP contribution in [0.5, 0.6) is 0 Å². The number of rotatable bonds is 1. The van der Waals surface area contributed by atoms with Gasteiger partial charge in [-0.25, -0.2) is 0 Å². The van der Waals surface area contributed by atoms with E-state index in [1.54, 1.807) is 6.20 Å². The first-order valence-electron chi connectivity index (χ1n) is 3.96. The first kappa shape index (κ1) is 6.85. The molecule has 11 heavy (non-hydrogen) atoms. The number of fused-ring (bicyclic) bond motifs is 1. The van der Waals surface area contributed by atoms with Crippen molar-refractivity contribution < 1.29 is 9.63 Å². The summed E-state index contributed by atoms with van der Waals surface area (Å²) in [6.45, 7) is 0.183. The third-order valence-electron chi connectivity index (χ3n) is 2.27. The molecule has 0 aromatic carbocycles. The molecule has 0 bridgehead atoms. The smallest absolute Gasteiger partial charge is 0.145 e. The average molecular weight is 153 g/mol. The van der Waals surface area contributed by atoms with Gasteiger partial charge in [0, 0.05) is 11.5 Å². The summed E-state index contributed by atoms with van der Waals surface area (Å²) in [4.78, 5) is 0. The summed E-state index contributed by atoms with van der Waals surface area (Å²) in [5.74, 6) is 1.10. The van der Waals surface area contributed by atoms with Crippen LogP contribution in [0.1, 0.15) is 30.1 Å². The first-order chi connectivity index (χ1) is 5.42. The van der Waals surface area contributed by atoms with Crippen molar-refractivity contribution >= 4 is 0 Å². The van der Waals surface area contributed by atoms with Crippen molar-refractivity contribution in [3.05, 3.63) is 17.5 Å². The van der Waals surface area contributed by atoms with E-state index in [4.69, 9.17) is 9.63 Å². The molecule has 0 aliphatic heterocycles. The van der Waals surface area contributed by atoms with Gasteiger partial charge in [-0.2, -0.15) is 0 Å². The van der Waals surface area contributed by atoms with Crippen LogP contribution < -0.4 is 0 Å². The number of aromatic nitrogens is 1. The van der Waals surface area contributed by atoms with Gasteiger partial charge in [0.1, 0.15) is 5.76 Å². The highest BCUT2D eigenvalue weighted by Gasteiger charge is 2.23. The van der Waals surface area contributed by atoms with Crippen LogP contribution in [0, 0.1) is 0 Å². The van der Waals surface area contributed by atoms with Crippen molar-refractivity contribution in [1.82, 2.24) is 5.16 Å². The van der Waals surface area contributed by atoms with E-state index in [1.165, 1.54) is 5.56 Å². The Bertz CT molecular complexity index is 244. The fourth-order valence-electron chi connectivity index (χ4n) is 1.64. The number of aliphatic hydroxyl groups is 1. The molecule has 1 atom stereocenters. The SMILES string of the molecule is OCC1CCCc2cnoc21. The molecule has 0 amide bonds. The first-order valence-corrected chi connectivity index (χ1v) is 3.96. The van der Waals surface area contributed by atoms with Crippen LogP contribution in [-0.4, -0.2) is 16.9 Å². The standard InChI is InChI=1S/C8H11NO2/c10-5-7-3-1-2-6-4-9-11-8(6)7/h4,7,10H,1-3,5H2. The fraction of sp³-hybridized carbons (Fsp3) is 0.625. The normalized spacial score (nSPS) is 23.2. The second kappa shape index (κ2) is 2.66. The van der Waals surface area contributed by atoms with E-state index in [0.717, 1.165) is 25.0 Å². The van der Waals surface area contributed by atoms with E-state index in [-0.39, 0.29) is 12.5 Å². The Hall–Kier alpha value is -0.830. The summed E-state index contributed by atoms with van der Waals surface area (Å²) >= 11 is 0. The minimum absolute atomic E-state index is 0.183. The number of aryl methyl sites for hydroxylation is 1. The molecule has 1 heterocycles. The maximum atomic E-state index is 8.97. The Balaban J connectivity index is 2.32. The van der Waals surface area contributed by atoms with E-state index in [2.05, 4.69) is 5.16 Å². The van der Waals surface area contributed by atoms with Crippen LogP contribution >= 0.6 is 0 Å². The molecule has 0 saturated heterocycles. The molecular weight excluding hydrogens is 142 g/mol. The maximum Gasteiger partial charge on any atom is 0.145 e. The lowest BCUT2D eigenvalue weighted by Gasteiger charge is -2.16. The molecule has 2 rings (SSSR count). The predicted molar refractivity (Wildman–Crippen MR) is 39.3 cm³/mol. The summed E-state index contributed by atoms with van der Waals surface area (Å²) < 4.78 is 5.05. The summed E-state index contributed by atoms with van der Waals surface area (Å²) in [5.41, 5.74) is 1.18. The molecule has 0 radical (unpaired) electrons. The van der Waals surface area contributed by atoms with Gasteiger partial charge in [-0.3, -0.25) is 0 Å². The Morgan fingerprint density at radius 3 is 3.45 bits per heavy atom. The molecule has 3 heteroatoms. The van der Waals surface area contributed by atoms with E-state index in [1.807, 2.05) is 0 Å². The number of nitrogens with zero attached hydrogens (tertiary/aromatic N) is 1. The largest absolute Gasteiger partial charge is 0.396 e. The fourth-order valence-corrected chi connectivity index (χ4v) is 1.64. The quantitative estimate of drug-likeness (QED) is 0.656. The molecular formula is C8H11NO2. The summed E-state index contributed by atoms with van der Waals surface area (Å²) in [6, 6.07) is 0. The molecule has 3 nitrogen and oxygen atoms in total. The molecule has 1 N–H and O–H groups in total. The van der Waals surface area contributed by atoms with Crippen molar-refractivity contribution in [1.29, 1.82) is 0 Å². The van der Waals surface area contributed by atoms with Crippen LogP contribution in [-0.2, 0) is 6.42 Å². The lowest BCUT2D eigenvalue weighted by atomic mass is 9.89. The van der Waals surface area contributed by atoms with Crippen molar-refractivity contribution in [2.24, 2.45) is 0 Å². The third kappa shape index (κ3) is 1.05. The Morgan fingerprint density at radius 2 is 2.64 bits per heavy atom. The highest BCUT2D eigenvalue weighted by atomic mass is 16.5. The summed E-state index contributed by atoms with van der Waals surface area (Å²) in [7, 11) is 0. The van der Waals surface area contributed by atoms with Crippen LogP contribution in [0.25, 0.3) is 0 Å². The molecule has 60 valence electrons. The van der Waals surface area contributed by atoms with E-state index in [9.17, 15) is 0 Å². The predicted octanol–water partition coefficient (Wildman–Crippen LogP) is 1.09.